The van der Waals surface area contributed by atoms with Crippen molar-refractivity contribution in [3.63, 3.8) is 0 Å². The first-order chi connectivity index (χ1) is 18.0. The largest absolute Gasteiger partial charge is 1.00 e. The number of aryl methyl sites for hydroxylation is 2. The summed E-state index contributed by atoms with van der Waals surface area (Å²) < 4.78 is 25.7. The summed E-state index contributed by atoms with van der Waals surface area (Å²) in [7, 11) is 0. The van der Waals surface area contributed by atoms with Crippen LogP contribution in [0.5, 0.6) is 0 Å². The molecule has 0 saturated heterocycles. The molecule has 17 heteroatoms. The maximum absolute atomic E-state index is 11.4. The molecule has 0 amide bonds. The number of rotatable bonds is 6. The molecule has 0 aliphatic heterocycles. The average Bonchev–Trinajstić information content (AvgIpc) is 3.66. The molecular weight excluding hydrogens is 523 g/mol. The van der Waals surface area contributed by atoms with E-state index in [9.17, 15) is 4.79 Å². The Morgan fingerprint density at radius 1 is 0.825 bits per heavy atom. The predicted molar refractivity (Wildman–Crippen MR) is 134 cm³/mol. The molecule has 0 radical (unpaired) electrons. The number of fused-ring (bicyclic) bond motifs is 2. The second kappa shape index (κ2) is 13.9. The van der Waals surface area contributed by atoms with E-state index in [1.807, 2.05) is 50.2 Å². The fourth-order valence-electron chi connectivity index (χ4n) is 3.14. The minimum atomic E-state index is -0.675. The van der Waals surface area contributed by atoms with Gasteiger partial charge in [-0.25, -0.2) is 4.79 Å². The summed E-state index contributed by atoms with van der Waals surface area (Å²) in [5, 5.41) is 19.9. The standard InChI is InChI=1S/C13H12N4O4.C10H8N4O2.Li.2H2O/c1-3-19-11(18)10-16-17-13(21-10)15-12-14-8-6-7(2)4-5-9(8)20-12;1-6-2-3-8-7(4-6)12-9(16-8)13-10-14-11-5-15-10;;;/h4-6H,3H2,1-2H3,(H,14,15,17);2-5H,1H3,(H,12,13,14);;2*1H2/q;;+1;;/p-1. The van der Waals surface area contributed by atoms with E-state index >= 15 is 0 Å². The van der Waals surface area contributed by atoms with Crippen LogP contribution < -0.4 is 29.5 Å². The van der Waals surface area contributed by atoms with E-state index in [1.54, 1.807) is 6.92 Å². The maximum atomic E-state index is 11.4. The Bertz CT molecular complexity index is 1660. The topological polar surface area (TPSA) is 242 Å². The van der Waals surface area contributed by atoms with Crippen molar-refractivity contribution >= 4 is 52.2 Å². The maximum Gasteiger partial charge on any atom is 1.00 e. The number of aromatic nitrogens is 6. The van der Waals surface area contributed by atoms with E-state index in [-0.39, 0.29) is 60.4 Å². The van der Waals surface area contributed by atoms with Crippen molar-refractivity contribution in [2.75, 3.05) is 17.2 Å². The van der Waals surface area contributed by atoms with Crippen LogP contribution in [0.15, 0.2) is 60.5 Å². The molecule has 4 aromatic heterocycles. The Morgan fingerprint density at radius 3 is 1.93 bits per heavy atom. The number of carbonyl (C=O) groups excluding carboxylic acids is 1. The number of nitrogens with one attached hydrogen (secondary N) is 2. The van der Waals surface area contributed by atoms with Gasteiger partial charge in [-0.2, -0.15) is 9.97 Å². The van der Waals surface area contributed by atoms with Gasteiger partial charge in [0.2, 0.25) is 6.39 Å². The molecule has 6 rings (SSSR count). The number of hydrogen-bond acceptors (Lipinski definition) is 15. The van der Waals surface area contributed by atoms with Crippen LogP contribution in [-0.2, 0) is 4.74 Å². The molecule has 0 spiro atoms. The smallest absolute Gasteiger partial charge is 0.870 e. The van der Waals surface area contributed by atoms with Gasteiger partial charge in [0.15, 0.2) is 11.2 Å². The van der Waals surface area contributed by atoms with Gasteiger partial charge >= 0.3 is 54.8 Å². The molecule has 0 unspecified atom stereocenters. The third-order valence-corrected chi connectivity index (χ3v) is 4.75. The van der Waals surface area contributed by atoms with Gasteiger partial charge in [0.05, 0.1) is 6.61 Å². The summed E-state index contributed by atoms with van der Waals surface area (Å²) in [5.41, 5.74) is 5.06. The monoisotopic (exact) mass is 546 g/mol. The van der Waals surface area contributed by atoms with E-state index in [0.29, 0.717) is 22.7 Å². The first-order valence-electron chi connectivity index (χ1n) is 11.0. The molecule has 0 aliphatic carbocycles. The van der Waals surface area contributed by atoms with Gasteiger partial charge in [-0.1, -0.05) is 27.4 Å². The van der Waals surface area contributed by atoms with Gasteiger partial charge < -0.3 is 33.4 Å². The van der Waals surface area contributed by atoms with Crippen molar-refractivity contribution in [1.82, 2.24) is 30.4 Å². The summed E-state index contributed by atoms with van der Waals surface area (Å²) >= 11 is 0. The van der Waals surface area contributed by atoms with Crippen LogP contribution in [0.3, 0.4) is 0 Å². The van der Waals surface area contributed by atoms with Gasteiger partial charge in [-0.15, -0.1) is 5.10 Å². The number of carbonyl (C=O) groups is 1. The zero-order valence-corrected chi connectivity index (χ0v) is 21.8. The fourth-order valence-corrected chi connectivity index (χ4v) is 3.14. The molecule has 40 heavy (non-hydrogen) atoms. The molecule has 0 bridgehead atoms. The molecular formula is C23H23LiN8O8. The van der Waals surface area contributed by atoms with Gasteiger partial charge in [0.1, 0.15) is 11.0 Å². The Kier molecular flexibility index (Phi) is 10.9. The third-order valence-electron chi connectivity index (χ3n) is 4.75. The summed E-state index contributed by atoms with van der Waals surface area (Å²) in [4.78, 5) is 19.9. The molecule has 204 valence electrons. The van der Waals surface area contributed by atoms with Gasteiger partial charge in [-0.05, 0) is 56.2 Å². The third kappa shape index (κ3) is 7.42. The number of anilines is 4. The van der Waals surface area contributed by atoms with E-state index in [1.165, 1.54) is 6.39 Å². The fraction of sp³-hybridized carbons (Fsp3) is 0.174. The van der Waals surface area contributed by atoms with E-state index in [2.05, 4.69) is 41.0 Å². The SMILES string of the molecule is CCOC(=O)c1nnc(Nc2nc3cc(C)ccc3o2)o1.Cc1ccc2oc(Nc3nnco3)nc2c1.O.[Li+].[OH-]. The van der Waals surface area contributed by atoms with Crippen molar-refractivity contribution in [2.45, 2.75) is 20.8 Å². The number of hydrogen-bond donors (Lipinski definition) is 2. The molecule has 2 aromatic carbocycles. The number of ether oxygens (including phenoxy) is 1. The van der Waals surface area contributed by atoms with Gasteiger partial charge in [-0.3, -0.25) is 10.6 Å². The van der Waals surface area contributed by atoms with Crippen molar-refractivity contribution in [3.8, 4) is 0 Å². The van der Waals surface area contributed by atoms with E-state index in [4.69, 9.17) is 22.4 Å². The van der Waals surface area contributed by atoms with Crippen LogP contribution in [0.25, 0.3) is 22.2 Å². The van der Waals surface area contributed by atoms with Crippen molar-refractivity contribution in [1.29, 1.82) is 0 Å². The molecule has 0 atom stereocenters. The molecule has 0 fully saturated rings. The molecule has 6 aromatic rings. The molecule has 16 nitrogen and oxygen atoms in total. The first kappa shape index (κ1) is 31.5. The van der Waals surface area contributed by atoms with Crippen LogP contribution in [0.2, 0.25) is 0 Å². The van der Waals surface area contributed by atoms with Crippen LogP contribution in [0.4, 0.5) is 24.1 Å². The minimum Gasteiger partial charge on any atom is -0.870 e. The second-order valence-electron chi connectivity index (χ2n) is 7.61. The number of oxazole rings is 2. The quantitative estimate of drug-likeness (QED) is 0.216. The number of benzene rings is 2. The Labute approximate surface area is 237 Å². The van der Waals surface area contributed by atoms with Crippen molar-refractivity contribution in [2.24, 2.45) is 0 Å². The Balaban J connectivity index is 0.000000268. The first-order valence-corrected chi connectivity index (χ1v) is 11.0. The Hall–Kier alpha value is -4.75. The summed E-state index contributed by atoms with van der Waals surface area (Å²) in [6, 6.07) is 12.2. The predicted octanol–water partition coefficient (Wildman–Crippen LogP) is 0.705. The van der Waals surface area contributed by atoms with E-state index in [0.717, 1.165) is 16.6 Å². The van der Waals surface area contributed by atoms with Crippen LogP contribution in [0.1, 0.15) is 28.7 Å². The molecule has 5 N–H and O–H groups in total. The summed E-state index contributed by atoms with van der Waals surface area (Å²) in [5.74, 6) is -0.905. The van der Waals surface area contributed by atoms with Gasteiger partial charge in [0, 0.05) is 0 Å². The molecule has 0 saturated carbocycles. The second-order valence-corrected chi connectivity index (χ2v) is 7.61. The number of esters is 1. The van der Waals surface area contributed by atoms with Crippen molar-refractivity contribution < 1.29 is 57.0 Å². The summed E-state index contributed by atoms with van der Waals surface area (Å²) in [6.07, 6.45) is 1.23. The zero-order valence-electron chi connectivity index (χ0n) is 21.8. The number of nitrogens with zero attached hydrogens (tertiary/aromatic N) is 6. The normalized spacial score (nSPS) is 9.97. The van der Waals surface area contributed by atoms with Crippen molar-refractivity contribution in [3.05, 3.63) is 59.8 Å². The van der Waals surface area contributed by atoms with E-state index < -0.39 is 5.97 Å². The molecule has 0 aliphatic rings. The molecule has 4 heterocycles. The van der Waals surface area contributed by atoms with Crippen LogP contribution in [0, 0.1) is 13.8 Å². The minimum absolute atomic E-state index is 0. The van der Waals surface area contributed by atoms with Gasteiger partial charge in [0.25, 0.3) is 0 Å². The van der Waals surface area contributed by atoms with Crippen LogP contribution in [-0.4, -0.2) is 53.9 Å². The average molecular weight is 546 g/mol. The summed E-state index contributed by atoms with van der Waals surface area (Å²) in [6.45, 7) is 5.88. The Morgan fingerprint density at radius 2 is 1.40 bits per heavy atom. The zero-order chi connectivity index (χ0) is 25.8. The van der Waals surface area contributed by atoms with Crippen LogP contribution >= 0.6 is 0 Å².